The molecule has 2 aromatic rings. The van der Waals surface area contributed by atoms with E-state index >= 15 is 0 Å². The molecule has 0 amide bonds. The highest BCUT2D eigenvalue weighted by Gasteiger charge is 2.22. The summed E-state index contributed by atoms with van der Waals surface area (Å²) < 4.78 is 36.7. The molecule has 9 nitrogen and oxygen atoms in total. The van der Waals surface area contributed by atoms with Crippen LogP contribution in [0, 0.1) is 0 Å². The second-order valence-corrected chi connectivity index (χ2v) is 7.37. The number of carboxylic acid groups (broad SMARTS) is 1. The van der Waals surface area contributed by atoms with E-state index in [1.54, 1.807) is 0 Å². The van der Waals surface area contributed by atoms with Crippen LogP contribution in [0.5, 0.6) is 5.75 Å². The SMILES string of the molecule is COC(=O)c1ccc(OC[C@H](O)CNS(=O)(=O)c2ccccc2C(=O)O)cc1. The molecule has 0 aliphatic heterocycles. The number of carbonyl (C=O) groups excluding carboxylic acids is 1. The number of rotatable bonds is 9. The fourth-order valence-corrected chi connectivity index (χ4v) is 3.49. The lowest BCUT2D eigenvalue weighted by Crippen LogP contribution is -2.35. The van der Waals surface area contributed by atoms with Gasteiger partial charge in [-0.3, -0.25) is 0 Å². The van der Waals surface area contributed by atoms with Crippen LogP contribution in [0.3, 0.4) is 0 Å². The number of carboxylic acids is 1. The van der Waals surface area contributed by atoms with Crippen molar-refractivity contribution in [2.24, 2.45) is 0 Å². The number of benzene rings is 2. The van der Waals surface area contributed by atoms with Crippen LogP contribution in [0.1, 0.15) is 20.7 Å². The molecule has 0 aromatic heterocycles. The third-order valence-electron chi connectivity index (χ3n) is 3.63. The Bertz CT molecular complexity index is 940. The first-order valence-corrected chi connectivity index (χ1v) is 9.54. The van der Waals surface area contributed by atoms with E-state index in [0.717, 1.165) is 6.07 Å². The van der Waals surface area contributed by atoms with Crippen molar-refractivity contribution >= 4 is 22.0 Å². The van der Waals surface area contributed by atoms with Gasteiger partial charge in [0.05, 0.1) is 23.1 Å². The zero-order chi connectivity index (χ0) is 20.7. The number of carbonyl (C=O) groups is 2. The van der Waals surface area contributed by atoms with E-state index in [1.165, 1.54) is 49.6 Å². The van der Waals surface area contributed by atoms with Crippen LogP contribution >= 0.6 is 0 Å². The average molecular weight is 409 g/mol. The van der Waals surface area contributed by atoms with Gasteiger partial charge in [0.1, 0.15) is 18.5 Å². The minimum atomic E-state index is -4.13. The van der Waals surface area contributed by atoms with E-state index in [4.69, 9.17) is 9.84 Å². The van der Waals surface area contributed by atoms with Gasteiger partial charge >= 0.3 is 11.9 Å². The van der Waals surface area contributed by atoms with Crippen molar-refractivity contribution in [3.05, 3.63) is 59.7 Å². The van der Waals surface area contributed by atoms with Gasteiger partial charge in [-0.05, 0) is 36.4 Å². The molecule has 0 saturated heterocycles. The highest BCUT2D eigenvalue weighted by molar-refractivity contribution is 7.89. The lowest BCUT2D eigenvalue weighted by molar-refractivity contribution is 0.0599. The Kier molecular flexibility index (Phi) is 7.10. The van der Waals surface area contributed by atoms with Crippen molar-refractivity contribution in [3.8, 4) is 5.75 Å². The largest absolute Gasteiger partial charge is 0.491 e. The lowest BCUT2D eigenvalue weighted by Gasteiger charge is -2.14. The van der Waals surface area contributed by atoms with Gasteiger partial charge in [0.2, 0.25) is 10.0 Å². The van der Waals surface area contributed by atoms with Crippen LogP contribution in [-0.4, -0.2) is 56.9 Å². The first kappa shape index (κ1) is 21.4. The molecule has 0 bridgehead atoms. The number of sulfonamides is 1. The van der Waals surface area contributed by atoms with Crippen molar-refractivity contribution in [2.75, 3.05) is 20.3 Å². The maximum Gasteiger partial charge on any atom is 0.337 e. The summed E-state index contributed by atoms with van der Waals surface area (Å²) in [6, 6.07) is 11.1. The zero-order valence-electron chi connectivity index (χ0n) is 14.9. The fourth-order valence-electron chi connectivity index (χ4n) is 2.22. The number of aliphatic hydroxyl groups is 1. The first-order chi connectivity index (χ1) is 13.2. The van der Waals surface area contributed by atoms with Crippen LogP contribution in [0.15, 0.2) is 53.4 Å². The average Bonchev–Trinajstić information content (AvgIpc) is 2.70. The van der Waals surface area contributed by atoms with Gasteiger partial charge in [0.15, 0.2) is 0 Å². The minimum Gasteiger partial charge on any atom is -0.491 e. The van der Waals surface area contributed by atoms with E-state index < -0.39 is 33.0 Å². The summed E-state index contributed by atoms with van der Waals surface area (Å²) in [5, 5.41) is 19.0. The van der Waals surface area contributed by atoms with Crippen molar-refractivity contribution in [3.63, 3.8) is 0 Å². The summed E-state index contributed by atoms with van der Waals surface area (Å²) in [6.45, 7) is -0.600. The molecule has 2 rings (SSSR count). The van der Waals surface area contributed by atoms with Gasteiger partial charge in [-0.15, -0.1) is 0 Å². The van der Waals surface area contributed by atoms with E-state index in [2.05, 4.69) is 9.46 Å². The molecule has 3 N–H and O–H groups in total. The topological polar surface area (TPSA) is 139 Å². The van der Waals surface area contributed by atoms with E-state index in [9.17, 15) is 23.1 Å². The van der Waals surface area contributed by atoms with Gasteiger partial charge in [-0.25, -0.2) is 22.7 Å². The number of ether oxygens (including phenoxy) is 2. The molecule has 0 heterocycles. The normalized spacial score (nSPS) is 12.2. The number of hydrogen-bond acceptors (Lipinski definition) is 7. The first-order valence-electron chi connectivity index (χ1n) is 8.06. The standard InChI is InChI=1S/C18H19NO8S/c1-26-18(23)12-6-8-14(9-7-12)27-11-13(20)10-19-28(24,25)16-5-3-2-4-15(16)17(21)22/h2-9,13,19-20H,10-11H2,1H3,(H,21,22)/t13-/m1/s1. The summed E-state index contributed by atoms with van der Waals surface area (Å²) in [4.78, 5) is 22.1. The maximum atomic E-state index is 12.3. The van der Waals surface area contributed by atoms with Crippen LogP contribution in [0.25, 0.3) is 0 Å². The fraction of sp³-hybridized carbons (Fsp3) is 0.222. The molecule has 0 aliphatic carbocycles. The molecule has 10 heteroatoms. The quantitative estimate of drug-likeness (QED) is 0.519. The van der Waals surface area contributed by atoms with Crippen LogP contribution < -0.4 is 9.46 Å². The van der Waals surface area contributed by atoms with Gasteiger partial charge in [-0.1, -0.05) is 12.1 Å². The second-order valence-electron chi connectivity index (χ2n) is 5.63. The smallest absolute Gasteiger partial charge is 0.337 e. The number of aromatic carboxylic acids is 1. The minimum absolute atomic E-state index is 0.222. The summed E-state index contributed by atoms with van der Waals surface area (Å²) in [7, 11) is -2.87. The predicted molar refractivity (Wildman–Crippen MR) is 97.9 cm³/mol. The summed E-state index contributed by atoms with van der Waals surface area (Å²) in [6.07, 6.45) is -1.19. The predicted octanol–water partition coefficient (Wildman–Crippen LogP) is 0.890. The number of hydrogen-bond donors (Lipinski definition) is 3. The third-order valence-corrected chi connectivity index (χ3v) is 5.12. The lowest BCUT2D eigenvalue weighted by atomic mass is 10.2. The van der Waals surface area contributed by atoms with E-state index in [-0.39, 0.29) is 18.7 Å². The Labute approximate surface area is 161 Å². The van der Waals surface area contributed by atoms with Crippen molar-refractivity contribution < 1.29 is 37.7 Å². The van der Waals surface area contributed by atoms with Crippen LogP contribution in [0.2, 0.25) is 0 Å². The van der Waals surface area contributed by atoms with Gasteiger partial charge in [0, 0.05) is 6.54 Å². The number of aliphatic hydroxyl groups excluding tert-OH is 1. The number of esters is 1. The highest BCUT2D eigenvalue weighted by Crippen LogP contribution is 2.16. The van der Waals surface area contributed by atoms with Crippen LogP contribution in [0.4, 0.5) is 0 Å². The molecule has 0 saturated carbocycles. The Hall–Kier alpha value is -2.95. The summed E-state index contributed by atoms with van der Waals surface area (Å²) >= 11 is 0. The molecule has 1 atom stereocenters. The Morgan fingerprint density at radius 3 is 2.36 bits per heavy atom. The molecule has 0 aliphatic rings. The maximum absolute atomic E-state index is 12.3. The zero-order valence-corrected chi connectivity index (χ0v) is 15.7. The molecule has 2 aromatic carbocycles. The van der Waals surface area contributed by atoms with Gasteiger partial charge < -0.3 is 19.7 Å². The molecule has 0 radical (unpaired) electrons. The van der Waals surface area contributed by atoms with Crippen molar-refractivity contribution in [1.82, 2.24) is 4.72 Å². The molecule has 0 fully saturated rings. The Morgan fingerprint density at radius 1 is 1.11 bits per heavy atom. The third kappa shape index (κ3) is 5.52. The number of nitrogens with one attached hydrogen (secondary N) is 1. The van der Waals surface area contributed by atoms with Crippen molar-refractivity contribution in [2.45, 2.75) is 11.0 Å². The Morgan fingerprint density at radius 2 is 1.75 bits per heavy atom. The molecule has 28 heavy (non-hydrogen) atoms. The molecule has 0 spiro atoms. The Balaban J connectivity index is 1.92. The molecular weight excluding hydrogens is 390 g/mol. The summed E-state index contributed by atoms with van der Waals surface area (Å²) in [5.74, 6) is -1.51. The summed E-state index contributed by atoms with van der Waals surface area (Å²) in [5.41, 5.74) is -0.0355. The van der Waals surface area contributed by atoms with Crippen molar-refractivity contribution in [1.29, 1.82) is 0 Å². The van der Waals surface area contributed by atoms with E-state index in [0.29, 0.717) is 11.3 Å². The van der Waals surface area contributed by atoms with Gasteiger partial charge in [0.25, 0.3) is 0 Å². The highest BCUT2D eigenvalue weighted by atomic mass is 32.2. The number of methoxy groups -OCH3 is 1. The van der Waals surface area contributed by atoms with E-state index in [1.807, 2.05) is 0 Å². The monoisotopic (exact) mass is 409 g/mol. The van der Waals surface area contributed by atoms with Crippen LogP contribution in [-0.2, 0) is 14.8 Å². The molecular formula is C18H19NO8S. The van der Waals surface area contributed by atoms with Gasteiger partial charge in [-0.2, -0.15) is 0 Å². The second kappa shape index (κ2) is 9.31. The molecule has 150 valence electrons. The molecule has 0 unspecified atom stereocenters.